The molecule has 0 saturated heterocycles. The summed E-state index contributed by atoms with van der Waals surface area (Å²) < 4.78 is 11.6. The Labute approximate surface area is 151 Å². The van der Waals surface area contributed by atoms with E-state index in [1.54, 1.807) is 49.7 Å². The number of benzene rings is 1. The fourth-order valence-corrected chi connectivity index (χ4v) is 3.40. The lowest BCUT2D eigenvalue weighted by Crippen LogP contribution is -2.11. The van der Waals surface area contributed by atoms with Crippen LogP contribution in [0.4, 0.5) is 5.69 Å². The Morgan fingerprint density at radius 3 is 2.58 bits per heavy atom. The van der Waals surface area contributed by atoms with Crippen molar-refractivity contribution in [2.45, 2.75) is 0 Å². The van der Waals surface area contributed by atoms with E-state index in [9.17, 15) is 4.79 Å². The maximum absolute atomic E-state index is 12.4. The monoisotopic (exact) mass is 404 g/mol. The van der Waals surface area contributed by atoms with Crippen LogP contribution >= 0.6 is 27.3 Å². The van der Waals surface area contributed by atoms with Crippen LogP contribution in [-0.4, -0.2) is 18.0 Å². The lowest BCUT2D eigenvalue weighted by atomic mass is 10.3. The Bertz CT molecular complexity index is 849. The fourth-order valence-electron chi connectivity index (χ4n) is 1.96. The van der Waals surface area contributed by atoms with Gasteiger partial charge in [-0.05, 0) is 63.8 Å². The molecule has 0 radical (unpaired) electrons. The van der Waals surface area contributed by atoms with Crippen LogP contribution in [0.1, 0.15) is 9.67 Å². The molecule has 24 heavy (non-hydrogen) atoms. The van der Waals surface area contributed by atoms with Crippen molar-refractivity contribution in [1.82, 2.24) is 4.98 Å². The van der Waals surface area contributed by atoms with Crippen molar-refractivity contribution in [2.75, 3.05) is 12.4 Å². The molecule has 0 atom stereocenters. The van der Waals surface area contributed by atoms with E-state index in [2.05, 4.69) is 26.2 Å². The summed E-state index contributed by atoms with van der Waals surface area (Å²) in [5.74, 6) is 1.44. The third-order valence-corrected chi connectivity index (χ3v) is 4.95. The Kier molecular flexibility index (Phi) is 5.12. The molecule has 0 saturated carbocycles. The van der Waals surface area contributed by atoms with Crippen LogP contribution in [0.2, 0.25) is 0 Å². The summed E-state index contributed by atoms with van der Waals surface area (Å²) in [5, 5.41) is 4.67. The lowest BCUT2D eigenvalue weighted by molar-refractivity contribution is 0.102. The number of pyridine rings is 1. The molecular formula is C17H13BrN2O3S. The molecule has 0 aliphatic carbocycles. The van der Waals surface area contributed by atoms with E-state index in [0.717, 1.165) is 10.2 Å². The number of carbonyl (C=O) groups is 1. The predicted molar refractivity (Wildman–Crippen MR) is 97.3 cm³/mol. The average Bonchev–Trinajstić information content (AvgIpc) is 3.03. The molecule has 7 heteroatoms. The second-order valence-electron chi connectivity index (χ2n) is 4.69. The van der Waals surface area contributed by atoms with E-state index in [-0.39, 0.29) is 5.91 Å². The molecule has 3 aromatic rings. The van der Waals surface area contributed by atoms with Gasteiger partial charge >= 0.3 is 0 Å². The Morgan fingerprint density at radius 1 is 1.17 bits per heavy atom. The molecule has 1 amide bonds. The second-order valence-corrected chi connectivity index (χ2v) is 6.46. The number of nitrogens with one attached hydrogen (secondary N) is 1. The average molecular weight is 405 g/mol. The highest BCUT2D eigenvalue weighted by molar-refractivity contribution is 9.10. The molecule has 5 nitrogen and oxygen atoms in total. The van der Waals surface area contributed by atoms with Gasteiger partial charge in [-0.25, -0.2) is 4.98 Å². The van der Waals surface area contributed by atoms with Crippen molar-refractivity contribution in [3.63, 3.8) is 0 Å². The molecule has 0 fully saturated rings. The molecule has 1 aromatic carbocycles. The zero-order chi connectivity index (χ0) is 16.9. The van der Waals surface area contributed by atoms with E-state index in [4.69, 9.17) is 9.47 Å². The van der Waals surface area contributed by atoms with Gasteiger partial charge in [0.1, 0.15) is 22.1 Å². The fraction of sp³-hybridized carbons (Fsp3) is 0.0588. The Hall–Kier alpha value is -2.38. The molecule has 0 unspecified atom stereocenters. The van der Waals surface area contributed by atoms with Crippen molar-refractivity contribution in [1.29, 1.82) is 0 Å². The van der Waals surface area contributed by atoms with E-state index in [1.807, 2.05) is 11.4 Å². The summed E-state index contributed by atoms with van der Waals surface area (Å²) in [5.41, 5.74) is 0.499. The number of nitrogens with zero attached hydrogens (tertiary/aromatic N) is 1. The summed E-state index contributed by atoms with van der Waals surface area (Å²) in [7, 11) is 1.60. The van der Waals surface area contributed by atoms with Crippen LogP contribution in [0.15, 0.2) is 58.5 Å². The zero-order valence-electron chi connectivity index (χ0n) is 12.7. The molecule has 3 rings (SSSR count). The van der Waals surface area contributed by atoms with Gasteiger partial charge in [0.05, 0.1) is 7.11 Å². The highest BCUT2D eigenvalue weighted by Crippen LogP contribution is 2.30. The van der Waals surface area contributed by atoms with Gasteiger partial charge in [-0.1, -0.05) is 0 Å². The van der Waals surface area contributed by atoms with Crippen molar-refractivity contribution in [3.05, 3.63) is 63.4 Å². The Balaban J connectivity index is 1.80. The normalized spacial score (nSPS) is 10.2. The smallest absolute Gasteiger partial charge is 0.267 e. The first-order chi connectivity index (χ1) is 11.7. The third kappa shape index (κ3) is 3.74. The van der Waals surface area contributed by atoms with Gasteiger partial charge < -0.3 is 14.8 Å². The summed E-state index contributed by atoms with van der Waals surface area (Å²) in [6.45, 7) is 0. The molecule has 2 aromatic heterocycles. The van der Waals surface area contributed by atoms with Crippen molar-refractivity contribution < 1.29 is 14.3 Å². The number of hydrogen-bond acceptors (Lipinski definition) is 5. The molecule has 1 N–H and O–H groups in total. The maximum atomic E-state index is 12.4. The molecule has 2 heterocycles. The summed E-state index contributed by atoms with van der Waals surface area (Å²) in [4.78, 5) is 17.1. The number of anilines is 1. The van der Waals surface area contributed by atoms with Gasteiger partial charge in [0, 0.05) is 10.7 Å². The molecule has 0 spiro atoms. The third-order valence-electron chi connectivity index (χ3n) is 3.12. The Morgan fingerprint density at radius 2 is 1.92 bits per heavy atom. The van der Waals surface area contributed by atoms with E-state index in [1.165, 1.54) is 11.3 Å². The standard InChI is InChI=1S/C17H13BrN2O3S/c1-22-11-4-6-12(7-5-11)23-17-14(3-2-9-19-17)20-16(21)15-13(18)8-10-24-15/h2-10H,1H3,(H,20,21). The van der Waals surface area contributed by atoms with Gasteiger partial charge in [0.15, 0.2) is 0 Å². The minimum Gasteiger partial charge on any atom is -0.497 e. The van der Waals surface area contributed by atoms with Crippen LogP contribution < -0.4 is 14.8 Å². The first-order valence-electron chi connectivity index (χ1n) is 6.98. The number of methoxy groups -OCH3 is 1. The molecule has 0 aliphatic rings. The maximum Gasteiger partial charge on any atom is 0.267 e. The number of aromatic nitrogens is 1. The number of thiophene rings is 1. The summed E-state index contributed by atoms with van der Waals surface area (Å²) in [6.07, 6.45) is 1.61. The number of halogens is 1. The van der Waals surface area contributed by atoms with Crippen LogP contribution in [0.25, 0.3) is 0 Å². The number of carbonyl (C=O) groups excluding carboxylic acids is 1. The van der Waals surface area contributed by atoms with Crippen LogP contribution in [0.5, 0.6) is 17.4 Å². The number of rotatable bonds is 5. The summed E-state index contributed by atoms with van der Waals surface area (Å²) in [6, 6.07) is 12.4. The first-order valence-corrected chi connectivity index (χ1v) is 8.66. The topological polar surface area (TPSA) is 60.5 Å². The van der Waals surface area contributed by atoms with Crippen molar-refractivity contribution >= 4 is 38.9 Å². The van der Waals surface area contributed by atoms with Crippen LogP contribution in [0, 0.1) is 0 Å². The highest BCUT2D eigenvalue weighted by atomic mass is 79.9. The van der Waals surface area contributed by atoms with Gasteiger partial charge in [-0.2, -0.15) is 0 Å². The van der Waals surface area contributed by atoms with Crippen molar-refractivity contribution in [3.8, 4) is 17.4 Å². The molecule has 0 aliphatic heterocycles. The first kappa shape index (κ1) is 16.5. The SMILES string of the molecule is COc1ccc(Oc2ncccc2NC(=O)c2sccc2Br)cc1. The number of amides is 1. The minimum atomic E-state index is -0.218. The molecule has 122 valence electrons. The lowest BCUT2D eigenvalue weighted by Gasteiger charge is -2.11. The van der Waals surface area contributed by atoms with Gasteiger partial charge in [0.2, 0.25) is 5.88 Å². The minimum absolute atomic E-state index is 0.218. The van der Waals surface area contributed by atoms with Gasteiger partial charge in [-0.15, -0.1) is 11.3 Å². The van der Waals surface area contributed by atoms with Gasteiger partial charge in [0.25, 0.3) is 5.91 Å². The number of ether oxygens (including phenoxy) is 2. The zero-order valence-corrected chi connectivity index (χ0v) is 15.1. The molecule has 0 bridgehead atoms. The number of hydrogen-bond donors (Lipinski definition) is 1. The van der Waals surface area contributed by atoms with Crippen LogP contribution in [0.3, 0.4) is 0 Å². The largest absolute Gasteiger partial charge is 0.497 e. The molecular weight excluding hydrogens is 392 g/mol. The highest BCUT2D eigenvalue weighted by Gasteiger charge is 2.15. The van der Waals surface area contributed by atoms with E-state index < -0.39 is 0 Å². The summed E-state index contributed by atoms with van der Waals surface area (Å²) >= 11 is 4.71. The van der Waals surface area contributed by atoms with Crippen molar-refractivity contribution in [2.24, 2.45) is 0 Å². The van der Waals surface area contributed by atoms with E-state index >= 15 is 0 Å². The quantitative estimate of drug-likeness (QED) is 0.652. The van der Waals surface area contributed by atoms with Crippen LogP contribution in [-0.2, 0) is 0 Å². The predicted octanol–water partition coefficient (Wildman–Crippen LogP) is 4.96. The van der Waals surface area contributed by atoms with Gasteiger partial charge in [-0.3, -0.25) is 4.79 Å². The van der Waals surface area contributed by atoms with E-state index in [0.29, 0.717) is 22.2 Å². The second kappa shape index (κ2) is 7.46.